The number of aryl methyl sites for hydroxylation is 1. The molecule has 6 heteroatoms. The predicted molar refractivity (Wildman–Crippen MR) is 63.3 cm³/mol. The molecule has 0 radical (unpaired) electrons. The van der Waals surface area contributed by atoms with E-state index < -0.39 is 12.2 Å². The molecule has 0 aliphatic rings. The Morgan fingerprint density at radius 1 is 1.35 bits per heavy atom. The van der Waals surface area contributed by atoms with Gasteiger partial charge in [0.25, 0.3) is 0 Å². The molecule has 0 aromatic heterocycles. The highest BCUT2D eigenvalue weighted by molar-refractivity contribution is 9.10. The second-order valence-corrected chi connectivity index (χ2v) is 4.46. The minimum absolute atomic E-state index is 0.0694. The van der Waals surface area contributed by atoms with Crippen LogP contribution in [-0.4, -0.2) is 20.3 Å². The van der Waals surface area contributed by atoms with Gasteiger partial charge in [-0.25, -0.2) is 0 Å². The van der Waals surface area contributed by atoms with E-state index in [-0.39, 0.29) is 11.3 Å². The first-order valence-electron chi connectivity index (χ1n) is 4.89. The number of hydrogen-bond acceptors (Lipinski definition) is 2. The monoisotopic (exact) mass is 311 g/mol. The quantitative estimate of drug-likeness (QED) is 0.921. The van der Waals surface area contributed by atoms with Gasteiger partial charge in [-0.2, -0.15) is 13.2 Å². The molecule has 96 valence electrons. The molecular formula is C11H13BrF3NO. The summed E-state index contributed by atoms with van der Waals surface area (Å²) in [6, 6.07) is 1.27. The molecule has 0 fully saturated rings. The van der Waals surface area contributed by atoms with Crippen molar-refractivity contribution in [2.24, 2.45) is 0 Å². The average Bonchev–Trinajstić information content (AvgIpc) is 2.21. The number of halogens is 4. The highest BCUT2D eigenvalue weighted by Gasteiger charge is 2.41. The number of alkyl halides is 3. The molecule has 0 bridgehead atoms. The van der Waals surface area contributed by atoms with Gasteiger partial charge < -0.3 is 10.1 Å². The number of rotatable bonds is 3. The highest BCUT2D eigenvalue weighted by atomic mass is 79.9. The van der Waals surface area contributed by atoms with E-state index in [9.17, 15) is 13.2 Å². The smallest absolute Gasteiger partial charge is 0.408 e. The first kappa shape index (κ1) is 14.3. The standard InChI is InChI=1S/C11H13BrF3NO/c1-6-4-9(17-3)7(5-8(6)12)10(16-2)11(13,14)15/h4-5,10,16H,1-3H3. The van der Waals surface area contributed by atoms with Gasteiger partial charge in [0, 0.05) is 10.0 Å². The molecule has 1 N–H and O–H groups in total. The Kier molecular flexibility index (Phi) is 4.43. The Morgan fingerprint density at radius 2 is 1.94 bits per heavy atom. The van der Waals surface area contributed by atoms with Crippen LogP contribution in [-0.2, 0) is 0 Å². The Morgan fingerprint density at radius 3 is 2.35 bits per heavy atom. The molecule has 0 spiro atoms. The number of nitrogens with one attached hydrogen (secondary N) is 1. The Bertz CT molecular complexity index is 406. The van der Waals surface area contributed by atoms with E-state index in [1.807, 2.05) is 0 Å². The van der Waals surface area contributed by atoms with Crippen LogP contribution >= 0.6 is 15.9 Å². The fourth-order valence-electron chi connectivity index (χ4n) is 1.57. The summed E-state index contributed by atoms with van der Waals surface area (Å²) in [5.41, 5.74) is 0.891. The lowest BCUT2D eigenvalue weighted by Gasteiger charge is -2.22. The maximum atomic E-state index is 12.8. The maximum Gasteiger partial charge on any atom is 0.408 e. The zero-order chi connectivity index (χ0) is 13.2. The average molecular weight is 312 g/mol. The van der Waals surface area contributed by atoms with Crippen LogP contribution in [0.5, 0.6) is 5.75 Å². The molecule has 17 heavy (non-hydrogen) atoms. The lowest BCUT2D eigenvalue weighted by molar-refractivity contribution is -0.156. The summed E-state index contributed by atoms with van der Waals surface area (Å²) < 4.78 is 44.1. The van der Waals surface area contributed by atoms with Crippen LogP contribution in [0.2, 0.25) is 0 Å². The van der Waals surface area contributed by atoms with Crippen LogP contribution in [0.3, 0.4) is 0 Å². The van der Waals surface area contributed by atoms with Gasteiger partial charge in [-0.1, -0.05) is 15.9 Å². The molecule has 0 saturated carbocycles. The van der Waals surface area contributed by atoms with E-state index >= 15 is 0 Å². The summed E-state index contributed by atoms with van der Waals surface area (Å²) in [7, 11) is 2.63. The maximum absolute atomic E-state index is 12.8. The molecule has 0 saturated heterocycles. The van der Waals surface area contributed by atoms with Crippen molar-refractivity contribution < 1.29 is 17.9 Å². The molecule has 1 aromatic carbocycles. The summed E-state index contributed by atoms with van der Waals surface area (Å²) in [6.07, 6.45) is -4.36. The van der Waals surface area contributed by atoms with Crippen LogP contribution in [0.25, 0.3) is 0 Å². The van der Waals surface area contributed by atoms with Gasteiger partial charge in [0.2, 0.25) is 0 Å². The number of benzene rings is 1. The Hall–Kier alpha value is -0.750. The third kappa shape index (κ3) is 3.13. The normalized spacial score (nSPS) is 13.6. The Balaban J connectivity index is 3.32. The SMILES string of the molecule is CNC(c1cc(Br)c(C)cc1OC)C(F)(F)F. The van der Waals surface area contributed by atoms with Crippen molar-refractivity contribution in [3.8, 4) is 5.75 Å². The van der Waals surface area contributed by atoms with Crippen molar-refractivity contribution in [1.82, 2.24) is 5.32 Å². The van der Waals surface area contributed by atoms with Crippen molar-refractivity contribution in [3.05, 3.63) is 27.7 Å². The molecule has 0 aliphatic carbocycles. The molecule has 0 amide bonds. The minimum Gasteiger partial charge on any atom is -0.496 e. The topological polar surface area (TPSA) is 21.3 Å². The zero-order valence-electron chi connectivity index (χ0n) is 9.65. The van der Waals surface area contributed by atoms with Crippen molar-refractivity contribution in [1.29, 1.82) is 0 Å². The van der Waals surface area contributed by atoms with Crippen LogP contribution in [0.15, 0.2) is 16.6 Å². The first-order valence-corrected chi connectivity index (χ1v) is 5.68. The third-order valence-electron chi connectivity index (χ3n) is 2.44. The van der Waals surface area contributed by atoms with E-state index in [1.165, 1.54) is 20.2 Å². The first-order chi connectivity index (χ1) is 7.81. The van der Waals surface area contributed by atoms with Crippen molar-refractivity contribution >= 4 is 15.9 Å². The zero-order valence-corrected chi connectivity index (χ0v) is 11.2. The summed E-state index contributed by atoms with van der Waals surface area (Å²) in [6.45, 7) is 1.79. The fourth-order valence-corrected chi connectivity index (χ4v) is 1.93. The van der Waals surface area contributed by atoms with Gasteiger partial charge in [0.15, 0.2) is 0 Å². The summed E-state index contributed by atoms with van der Waals surface area (Å²) in [4.78, 5) is 0. The van der Waals surface area contributed by atoms with Crippen LogP contribution in [0.1, 0.15) is 17.2 Å². The largest absolute Gasteiger partial charge is 0.496 e. The summed E-state index contributed by atoms with van der Waals surface area (Å²) in [5.74, 6) is 0.224. The summed E-state index contributed by atoms with van der Waals surface area (Å²) in [5, 5.41) is 2.25. The number of methoxy groups -OCH3 is 1. The van der Waals surface area contributed by atoms with Gasteiger partial charge in [0.05, 0.1) is 7.11 Å². The lowest BCUT2D eigenvalue weighted by atomic mass is 10.0. The van der Waals surface area contributed by atoms with E-state index in [2.05, 4.69) is 21.2 Å². The van der Waals surface area contributed by atoms with Crippen LogP contribution in [0.4, 0.5) is 13.2 Å². The van der Waals surface area contributed by atoms with Crippen LogP contribution in [0, 0.1) is 6.92 Å². The molecule has 1 aromatic rings. The molecule has 1 rings (SSSR count). The molecule has 1 atom stereocenters. The Labute approximate surface area is 106 Å². The minimum atomic E-state index is -4.36. The summed E-state index contributed by atoms with van der Waals surface area (Å²) >= 11 is 3.22. The van der Waals surface area contributed by atoms with Gasteiger partial charge in [-0.15, -0.1) is 0 Å². The number of hydrogen-bond donors (Lipinski definition) is 1. The van der Waals surface area contributed by atoms with Crippen LogP contribution < -0.4 is 10.1 Å². The van der Waals surface area contributed by atoms with Crippen molar-refractivity contribution in [2.45, 2.75) is 19.1 Å². The lowest BCUT2D eigenvalue weighted by Crippen LogP contribution is -2.32. The third-order valence-corrected chi connectivity index (χ3v) is 3.29. The predicted octanol–water partition coefficient (Wildman–Crippen LogP) is 3.59. The second-order valence-electron chi connectivity index (χ2n) is 3.61. The molecule has 0 heterocycles. The van der Waals surface area contributed by atoms with Gasteiger partial charge in [-0.3, -0.25) is 0 Å². The molecule has 2 nitrogen and oxygen atoms in total. The molecule has 0 aliphatic heterocycles. The molecular weight excluding hydrogens is 299 g/mol. The highest BCUT2D eigenvalue weighted by Crippen LogP contribution is 2.39. The van der Waals surface area contributed by atoms with Gasteiger partial charge >= 0.3 is 6.18 Å². The van der Waals surface area contributed by atoms with E-state index in [0.717, 1.165) is 5.56 Å². The fraction of sp³-hybridized carbons (Fsp3) is 0.455. The molecule has 1 unspecified atom stereocenters. The van der Waals surface area contributed by atoms with Crippen molar-refractivity contribution in [3.63, 3.8) is 0 Å². The number of ether oxygens (including phenoxy) is 1. The van der Waals surface area contributed by atoms with E-state index in [4.69, 9.17) is 4.74 Å². The second kappa shape index (κ2) is 5.27. The van der Waals surface area contributed by atoms with Gasteiger partial charge in [0.1, 0.15) is 11.8 Å². The van der Waals surface area contributed by atoms with Gasteiger partial charge in [-0.05, 0) is 31.7 Å². The van der Waals surface area contributed by atoms with E-state index in [1.54, 1.807) is 13.0 Å². The van der Waals surface area contributed by atoms with Crippen molar-refractivity contribution in [2.75, 3.05) is 14.2 Å². The van der Waals surface area contributed by atoms with E-state index in [0.29, 0.717) is 4.47 Å².